The van der Waals surface area contributed by atoms with E-state index in [4.69, 9.17) is 33.0 Å². The molecule has 0 spiro atoms. The number of benzene rings is 2. The van der Waals surface area contributed by atoms with E-state index in [1.165, 1.54) is 29.2 Å². The molecule has 2 aromatic rings. The van der Waals surface area contributed by atoms with Crippen LogP contribution < -0.4 is 9.64 Å². The summed E-state index contributed by atoms with van der Waals surface area (Å²) < 4.78 is 19.5. The fourth-order valence-electron chi connectivity index (χ4n) is 7.76. The SMILES string of the molecule is CCOc1cc(C2C3=CCC4C(=O)N(CCCCCC(=O)O)C(=O)C4C3CC3(Cl)C(=O)N(c4ccc(F)cc4)C(=O)C23Cl)ccc1O. The number of fused-ring (bicyclic) bond motifs is 4. The minimum Gasteiger partial charge on any atom is -0.504 e. The number of phenols is 1. The molecule has 4 amide bonds. The zero-order chi connectivity index (χ0) is 33.8. The zero-order valence-electron chi connectivity index (χ0n) is 25.5. The number of aromatic hydroxyl groups is 1. The van der Waals surface area contributed by atoms with E-state index in [9.17, 15) is 33.5 Å². The molecule has 10 nitrogen and oxygen atoms in total. The predicted molar refractivity (Wildman–Crippen MR) is 169 cm³/mol. The van der Waals surface area contributed by atoms with Crippen LogP contribution in [0.5, 0.6) is 11.5 Å². The zero-order valence-corrected chi connectivity index (χ0v) is 27.0. The van der Waals surface area contributed by atoms with Crippen LogP contribution in [-0.4, -0.2) is 67.6 Å². The van der Waals surface area contributed by atoms with Gasteiger partial charge in [-0.25, -0.2) is 9.29 Å². The number of imide groups is 2. The van der Waals surface area contributed by atoms with Crippen LogP contribution in [-0.2, 0) is 24.0 Å². The number of allylic oxidation sites excluding steroid dienone is 2. The third-order valence-electron chi connectivity index (χ3n) is 9.88. The number of carbonyl (C=O) groups excluding carboxylic acids is 4. The summed E-state index contributed by atoms with van der Waals surface area (Å²) in [7, 11) is 0. The standard InChI is InChI=1S/C34H33Cl2FN2O8/c1-2-47-25-16-18(7-14-24(25)40)28-21-12-13-22-27(30(44)38(29(22)43)15-5-3-4-6-26(41)42)23(21)17-33(35)31(45)39(32(46)34(28,33)36)20-10-8-19(37)9-11-20/h7-12,14,16,22-23,27-28,40H,2-6,13,15,17H2,1H3,(H,41,42). The van der Waals surface area contributed by atoms with Crippen LogP contribution in [0.25, 0.3) is 0 Å². The number of carbonyl (C=O) groups is 5. The maximum absolute atomic E-state index is 14.4. The average Bonchev–Trinajstić information content (AvgIpc) is 3.36. The number of alkyl halides is 2. The number of carboxylic acids is 1. The van der Waals surface area contributed by atoms with E-state index in [0.717, 1.165) is 17.0 Å². The number of anilines is 1. The lowest BCUT2D eigenvalue weighted by Gasteiger charge is -2.50. The minimum absolute atomic E-state index is 0.00811. The largest absolute Gasteiger partial charge is 0.504 e. The molecular weight excluding hydrogens is 654 g/mol. The van der Waals surface area contributed by atoms with Crippen molar-refractivity contribution < 1.29 is 43.3 Å². The average molecular weight is 688 g/mol. The van der Waals surface area contributed by atoms with Crippen molar-refractivity contribution in [1.82, 2.24) is 4.90 Å². The number of hydrogen-bond donors (Lipinski definition) is 2. The van der Waals surface area contributed by atoms with Crippen molar-refractivity contribution in [3.63, 3.8) is 0 Å². The van der Waals surface area contributed by atoms with Gasteiger partial charge in [0, 0.05) is 18.9 Å². The van der Waals surface area contributed by atoms with Gasteiger partial charge in [-0.05, 0) is 80.5 Å². The fraction of sp³-hybridized carbons (Fsp3) is 0.441. The topological polar surface area (TPSA) is 142 Å². The number of ether oxygens (including phenoxy) is 1. The Labute approximate surface area is 280 Å². The van der Waals surface area contributed by atoms with Gasteiger partial charge in [-0.3, -0.25) is 28.9 Å². The maximum Gasteiger partial charge on any atom is 0.303 e. The Bertz CT molecular complexity index is 1700. The molecule has 2 heterocycles. The van der Waals surface area contributed by atoms with Crippen LogP contribution in [0.3, 0.4) is 0 Å². The van der Waals surface area contributed by atoms with Gasteiger partial charge in [0.15, 0.2) is 21.2 Å². The van der Waals surface area contributed by atoms with Gasteiger partial charge in [-0.1, -0.05) is 24.1 Å². The Kier molecular flexibility index (Phi) is 8.59. The van der Waals surface area contributed by atoms with E-state index in [1.54, 1.807) is 13.0 Å². The Hall–Kier alpha value is -3.96. The molecule has 2 aromatic carbocycles. The summed E-state index contributed by atoms with van der Waals surface area (Å²) in [6.07, 6.45) is 3.15. The van der Waals surface area contributed by atoms with Gasteiger partial charge >= 0.3 is 5.97 Å². The van der Waals surface area contributed by atoms with Crippen molar-refractivity contribution in [2.75, 3.05) is 18.1 Å². The number of likely N-dealkylation sites (tertiary alicyclic amines) is 1. The number of rotatable bonds is 10. The third-order valence-corrected chi connectivity index (χ3v) is 11.3. The van der Waals surface area contributed by atoms with Crippen LogP contribution in [0.1, 0.15) is 56.9 Å². The van der Waals surface area contributed by atoms with Crippen molar-refractivity contribution >= 4 is 58.5 Å². The van der Waals surface area contributed by atoms with E-state index in [1.807, 2.05) is 6.08 Å². The lowest BCUT2D eigenvalue weighted by Crippen LogP contribution is -2.60. The minimum atomic E-state index is -2.11. The number of nitrogens with zero attached hydrogens (tertiary/aromatic N) is 2. The monoisotopic (exact) mass is 686 g/mol. The second kappa shape index (κ2) is 12.2. The summed E-state index contributed by atoms with van der Waals surface area (Å²) in [5.41, 5.74) is 1.07. The molecule has 248 valence electrons. The molecule has 0 radical (unpaired) electrons. The summed E-state index contributed by atoms with van der Waals surface area (Å²) in [4.78, 5) is 65.1. The smallest absolute Gasteiger partial charge is 0.303 e. The molecule has 47 heavy (non-hydrogen) atoms. The summed E-state index contributed by atoms with van der Waals surface area (Å²) in [5, 5.41) is 19.4. The molecule has 6 rings (SSSR count). The lowest BCUT2D eigenvalue weighted by atomic mass is 9.56. The second-order valence-electron chi connectivity index (χ2n) is 12.4. The molecule has 0 aromatic heterocycles. The molecule has 2 N–H and O–H groups in total. The molecule has 2 saturated heterocycles. The van der Waals surface area contributed by atoms with E-state index in [-0.39, 0.29) is 55.5 Å². The Balaban J connectivity index is 1.43. The van der Waals surface area contributed by atoms with Crippen LogP contribution in [0.4, 0.5) is 10.1 Å². The Morgan fingerprint density at radius 2 is 1.72 bits per heavy atom. The van der Waals surface area contributed by atoms with Crippen molar-refractivity contribution in [2.24, 2.45) is 17.8 Å². The Morgan fingerprint density at radius 1 is 1.00 bits per heavy atom. The number of amides is 4. The van der Waals surface area contributed by atoms with Crippen molar-refractivity contribution in [3.8, 4) is 11.5 Å². The molecule has 4 aliphatic rings. The maximum atomic E-state index is 14.4. The Morgan fingerprint density at radius 3 is 2.40 bits per heavy atom. The first-order chi connectivity index (χ1) is 22.3. The number of hydrogen-bond acceptors (Lipinski definition) is 7. The quantitative estimate of drug-likeness (QED) is 0.152. The summed E-state index contributed by atoms with van der Waals surface area (Å²) >= 11 is 14.7. The van der Waals surface area contributed by atoms with Gasteiger partial charge in [-0.15, -0.1) is 23.2 Å². The van der Waals surface area contributed by atoms with Crippen LogP contribution in [0, 0.1) is 23.6 Å². The highest BCUT2D eigenvalue weighted by Crippen LogP contribution is 2.66. The van der Waals surface area contributed by atoms with Gasteiger partial charge < -0.3 is 14.9 Å². The van der Waals surface area contributed by atoms with Crippen LogP contribution >= 0.6 is 23.2 Å². The van der Waals surface area contributed by atoms with E-state index < -0.39 is 62.9 Å². The molecular formula is C34H33Cl2FN2O8. The van der Waals surface area contributed by atoms with Crippen molar-refractivity contribution in [2.45, 2.75) is 61.1 Å². The summed E-state index contributed by atoms with van der Waals surface area (Å²) in [5.74, 6) is -7.33. The summed E-state index contributed by atoms with van der Waals surface area (Å²) in [6, 6.07) is 9.26. The van der Waals surface area contributed by atoms with E-state index in [0.29, 0.717) is 30.4 Å². The number of unbranched alkanes of at least 4 members (excludes halogenated alkanes) is 2. The van der Waals surface area contributed by atoms with E-state index in [2.05, 4.69) is 0 Å². The highest BCUT2D eigenvalue weighted by atomic mass is 35.5. The number of carboxylic acid groups (broad SMARTS) is 1. The van der Waals surface area contributed by atoms with Gasteiger partial charge in [0.25, 0.3) is 11.8 Å². The van der Waals surface area contributed by atoms with E-state index >= 15 is 0 Å². The van der Waals surface area contributed by atoms with Gasteiger partial charge in [0.2, 0.25) is 11.8 Å². The highest BCUT2D eigenvalue weighted by molar-refractivity contribution is 6.58. The van der Waals surface area contributed by atoms with Crippen LogP contribution in [0.2, 0.25) is 0 Å². The third kappa shape index (κ3) is 5.09. The predicted octanol–water partition coefficient (Wildman–Crippen LogP) is 5.14. The van der Waals surface area contributed by atoms with Crippen LogP contribution in [0.15, 0.2) is 54.1 Å². The number of aliphatic carboxylic acids is 1. The first kappa shape index (κ1) is 33.0. The molecule has 1 saturated carbocycles. The molecule has 6 atom stereocenters. The molecule has 13 heteroatoms. The molecule has 0 bridgehead atoms. The number of phenolic OH excluding ortho intramolecular Hbond substituents is 1. The summed E-state index contributed by atoms with van der Waals surface area (Å²) in [6.45, 7) is 2.09. The molecule has 2 aliphatic heterocycles. The van der Waals surface area contributed by atoms with Crippen molar-refractivity contribution in [3.05, 3.63) is 65.5 Å². The van der Waals surface area contributed by atoms with Gasteiger partial charge in [0.05, 0.1) is 24.1 Å². The molecule has 2 aliphatic carbocycles. The first-order valence-electron chi connectivity index (χ1n) is 15.6. The number of halogens is 3. The van der Waals surface area contributed by atoms with Gasteiger partial charge in [-0.2, -0.15) is 0 Å². The second-order valence-corrected chi connectivity index (χ2v) is 13.7. The van der Waals surface area contributed by atoms with Crippen molar-refractivity contribution in [1.29, 1.82) is 0 Å². The highest BCUT2D eigenvalue weighted by Gasteiger charge is 2.76. The molecule has 3 fully saturated rings. The van der Waals surface area contributed by atoms with Gasteiger partial charge in [0.1, 0.15) is 5.82 Å². The molecule has 6 unspecified atom stereocenters. The lowest BCUT2D eigenvalue weighted by molar-refractivity contribution is -0.141. The fourth-order valence-corrected chi connectivity index (χ4v) is 8.70. The first-order valence-corrected chi connectivity index (χ1v) is 16.4. The normalized spacial score (nSPS) is 29.8.